The van der Waals surface area contributed by atoms with E-state index < -0.39 is 20.0 Å². The van der Waals surface area contributed by atoms with Crippen LogP contribution in [0.25, 0.3) is 0 Å². The number of hydrogen-bond acceptors (Lipinski definition) is 5. The molecule has 0 aliphatic heterocycles. The second-order valence-electron chi connectivity index (χ2n) is 9.44. The lowest BCUT2D eigenvalue weighted by atomic mass is 9.83. The van der Waals surface area contributed by atoms with Crippen LogP contribution in [-0.2, 0) is 24.8 Å². The molecule has 0 aliphatic rings. The highest BCUT2D eigenvalue weighted by Crippen LogP contribution is 2.29. The number of unbranched alkanes of at least 4 members (excludes halogenated alkanes) is 2. The molecule has 28 heavy (non-hydrogen) atoms. The fraction of sp³-hybridized carbons (Fsp3) is 1.00. The molecule has 0 saturated heterocycles. The summed E-state index contributed by atoms with van der Waals surface area (Å²) in [6, 6.07) is 0. The Balaban J connectivity index is 3.68. The molecule has 0 spiro atoms. The van der Waals surface area contributed by atoms with Gasteiger partial charge in [0.25, 0.3) is 0 Å². The summed E-state index contributed by atoms with van der Waals surface area (Å²) in [7, 11) is -6.74. The van der Waals surface area contributed by atoms with Crippen LogP contribution in [0.1, 0.15) is 85.5 Å². The molecule has 0 aromatic heterocycles. The van der Waals surface area contributed by atoms with E-state index in [1.54, 1.807) is 0 Å². The van der Waals surface area contributed by atoms with Crippen LogP contribution in [-0.4, -0.2) is 41.6 Å². The molecule has 7 nitrogen and oxygen atoms in total. The Labute approximate surface area is 173 Å². The zero-order valence-electron chi connectivity index (χ0n) is 18.2. The van der Waals surface area contributed by atoms with Crippen molar-refractivity contribution in [1.29, 1.82) is 0 Å². The van der Waals surface area contributed by atoms with Crippen LogP contribution < -0.4 is 10.3 Å². The lowest BCUT2D eigenvalue weighted by Crippen LogP contribution is -2.22. The molecule has 4 N–H and O–H groups in total. The minimum Gasteiger partial charge on any atom is -0.381 e. The molecule has 0 rings (SSSR count). The molecule has 0 radical (unpaired) electrons. The standard InChI is InChI=1S/C19H42N2O5S2/c1-18(2,12-9-16-27(20,22)23)10-5-7-14-26-15-8-6-11-19(3,4)13-17-28(21,24)25/h5-17H2,1-4H3,(H2,20,22,23)(H2,21,24,25). The van der Waals surface area contributed by atoms with Crippen molar-refractivity contribution >= 4 is 20.0 Å². The molecule has 0 amide bonds. The van der Waals surface area contributed by atoms with Crippen molar-refractivity contribution in [2.24, 2.45) is 21.1 Å². The number of hydrogen-bond donors (Lipinski definition) is 2. The van der Waals surface area contributed by atoms with Gasteiger partial charge in [-0.05, 0) is 55.8 Å². The molecule has 0 atom stereocenters. The number of nitrogens with two attached hydrogens (primary N) is 2. The van der Waals surface area contributed by atoms with E-state index in [1.165, 1.54) is 0 Å². The van der Waals surface area contributed by atoms with Gasteiger partial charge in [-0.3, -0.25) is 0 Å². The maximum absolute atomic E-state index is 11.1. The van der Waals surface area contributed by atoms with Gasteiger partial charge in [-0.2, -0.15) is 0 Å². The maximum atomic E-state index is 11.1. The Hall–Kier alpha value is -0.220. The van der Waals surface area contributed by atoms with Gasteiger partial charge < -0.3 is 4.74 Å². The molecule has 0 fully saturated rings. The van der Waals surface area contributed by atoms with Gasteiger partial charge in [-0.15, -0.1) is 0 Å². The van der Waals surface area contributed by atoms with Crippen molar-refractivity contribution in [3.05, 3.63) is 0 Å². The Bertz CT molecular complexity index is 629. The lowest BCUT2D eigenvalue weighted by molar-refractivity contribution is 0.120. The minimum absolute atomic E-state index is 0.0265. The molecule has 0 unspecified atom stereocenters. The van der Waals surface area contributed by atoms with Crippen molar-refractivity contribution in [2.75, 3.05) is 24.7 Å². The van der Waals surface area contributed by atoms with E-state index in [1.807, 2.05) is 0 Å². The molecule has 0 bridgehead atoms. The number of primary sulfonamides is 2. The summed E-state index contributed by atoms with van der Waals surface area (Å²) in [6.45, 7) is 9.93. The van der Waals surface area contributed by atoms with Gasteiger partial charge in [0.2, 0.25) is 20.0 Å². The molecule has 0 aromatic rings. The first-order valence-electron chi connectivity index (χ1n) is 10.2. The second kappa shape index (κ2) is 12.5. The van der Waals surface area contributed by atoms with E-state index in [0.29, 0.717) is 12.8 Å². The first-order valence-corrected chi connectivity index (χ1v) is 13.6. The third kappa shape index (κ3) is 19.1. The fourth-order valence-electron chi connectivity index (χ4n) is 3.14. The number of rotatable bonds is 17. The van der Waals surface area contributed by atoms with Crippen molar-refractivity contribution in [3.8, 4) is 0 Å². The van der Waals surface area contributed by atoms with E-state index in [4.69, 9.17) is 15.0 Å². The summed E-state index contributed by atoms with van der Waals surface area (Å²) in [5.41, 5.74) is 0.0918. The van der Waals surface area contributed by atoms with Crippen LogP contribution in [0.15, 0.2) is 0 Å². The van der Waals surface area contributed by atoms with Gasteiger partial charge in [-0.25, -0.2) is 27.1 Å². The molecule has 0 aliphatic carbocycles. The summed E-state index contributed by atoms with van der Waals surface area (Å²) in [5, 5.41) is 10.1. The van der Waals surface area contributed by atoms with Crippen LogP contribution >= 0.6 is 0 Å². The van der Waals surface area contributed by atoms with Crippen LogP contribution in [0.4, 0.5) is 0 Å². The summed E-state index contributed by atoms with van der Waals surface area (Å²) in [6.07, 6.45) is 8.08. The second-order valence-corrected chi connectivity index (χ2v) is 12.9. The molecular weight excluding hydrogens is 400 g/mol. The molecular formula is C19H42N2O5S2. The van der Waals surface area contributed by atoms with Crippen LogP contribution in [0.3, 0.4) is 0 Å². The van der Waals surface area contributed by atoms with Crippen molar-refractivity contribution in [2.45, 2.75) is 85.5 Å². The lowest BCUT2D eigenvalue weighted by Gasteiger charge is -2.24. The zero-order chi connectivity index (χ0) is 21.9. The topological polar surface area (TPSA) is 130 Å². The highest BCUT2D eigenvalue weighted by atomic mass is 32.2. The van der Waals surface area contributed by atoms with E-state index in [9.17, 15) is 16.8 Å². The molecule has 0 heterocycles. The van der Waals surface area contributed by atoms with Gasteiger partial charge in [0, 0.05) is 13.2 Å². The van der Waals surface area contributed by atoms with Gasteiger partial charge in [0.15, 0.2) is 0 Å². The number of sulfonamides is 2. The van der Waals surface area contributed by atoms with Crippen LogP contribution in [0, 0.1) is 10.8 Å². The summed E-state index contributed by atoms with van der Waals surface area (Å²) >= 11 is 0. The summed E-state index contributed by atoms with van der Waals surface area (Å²) < 4.78 is 49.8. The number of ether oxygens (including phenoxy) is 1. The molecule has 0 aromatic carbocycles. The highest BCUT2D eigenvalue weighted by molar-refractivity contribution is 7.89. The van der Waals surface area contributed by atoms with Crippen molar-refractivity contribution in [3.63, 3.8) is 0 Å². The quantitative estimate of drug-likeness (QED) is 0.334. The predicted molar refractivity (Wildman–Crippen MR) is 116 cm³/mol. The highest BCUT2D eigenvalue weighted by Gasteiger charge is 2.20. The van der Waals surface area contributed by atoms with Gasteiger partial charge >= 0.3 is 0 Å². The van der Waals surface area contributed by atoms with Gasteiger partial charge in [-0.1, -0.05) is 40.5 Å². The van der Waals surface area contributed by atoms with Crippen molar-refractivity contribution in [1.82, 2.24) is 0 Å². The van der Waals surface area contributed by atoms with Crippen LogP contribution in [0.5, 0.6) is 0 Å². The summed E-state index contributed by atoms with van der Waals surface area (Å²) in [4.78, 5) is 0. The van der Waals surface area contributed by atoms with Gasteiger partial charge in [0.1, 0.15) is 0 Å². The Morgan fingerprint density at radius 3 is 1.43 bits per heavy atom. The Kier molecular flexibility index (Phi) is 12.4. The van der Waals surface area contributed by atoms with E-state index >= 15 is 0 Å². The van der Waals surface area contributed by atoms with E-state index in [2.05, 4.69) is 27.7 Å². The van der Waals surface area contributed by atoms with Gasteiger partial charge in [0.05, 0.1) is 11.5 Å². The zero-order valence-corrected chi connectivity index (χ0v) is 19.8. The Morgan fingerprint density at radius 1 is 0.607 bits per heavy atom. The fourth-order valence-corrected chi connectivity index (χ4v) is 4.52. The smallest absolute Gasteiger partial charge is 0.209 e. The van der Waals surface area contributed by atoms with Crippen molar-refractivity contribution < 1.29 is 21.6 Å². The first-order chi connectivity index (χ1) is 12.6. The Morgan fingerprint density at radius 2 is 1.00 bits per heavy atom. The minimum atomic E-state index is -3.39. The monoisotopic (exact) mass is 442 g/mol. The van der Waals surface area contributed by atoms with E-state index in [0.717, 1.165) is 58.2 Å². The largest absolute Gasteiger partial charge is 0.381 e. The first kappa shape index (κ1) is 27.8. The maximum Gasteiger partial charge on any atom is 0.209 e. The molecule has 9 heteroatoms. The normalized spacial score (nSPS) is 13.8. The molecule has 170 valence electrons. The predicted octanol–water partition coefficient (Wildman–Crippen LogP) is 3.14. The third-order valence-corrected chi connectivity index (χ3v) is 6.76. The molecule has 0 saturated carbocycles. The SMILES string of the molecule is CC(C)(CCCCOCCCCC(C)(C)CCS(N)(=O)=O)CCCS(N)(=O)=O. The van der Waals surface area contributed by atoms with E-state index in [-0.39, 0.29) is 22.3 Å². The summed E-state index contributed by atoms with van der Waals surface area (Å²) in [5.74, 6) is 0.0905. The third-order valence-electron chi connectivity index (χ3n) is 5.13. The average Bonchev–Trinajstić information content (AvgIpc) is 2.49. The van der Waals surface area contributed by atoms with Crippen LogP contribution in [0.2, 0.25) is 0 Å². The average molecular weight is 443 g/mol.